The van der Waals surface area contributed by atoms with Gasteiger partial charge in [0.05, 0.1) is 11.7 Å². The van der Waals surface area contributed by atoms with Gasteiger partial charge in [-0.3, -0.25) is 4.99 Å². The van der Waals surface area contributed by atoms with Gasteiger partial charge in [0, 0.05) is 42.0 Å². The Hall–Kier alpha value is -3.34. The van der Waals surface area contributed by atoms with Crippen LogP contribution in [-0.2, 0) is 6.42 Å². The Kier molecular flexibility index (Phi) is 6.03. The molecular formula is C26H25N5OS. The molecule has 1 aliphatic carbocycles. The molecule has 7 heteroatoms. The number of aliphatic imine (C=N–C) groups is 1. The molecule has 33 heavy (non-hydrogen) atoms. The lowest BCUT2D eigenvalue weighted by atomic mass is 10.0. The summed E-state index contributed by atoms with van der Waals surface area (Å²) in [5.74, 6) is 0.597. The van der Waals surface area contributed by atoms with Crippen molar-refractivity contribution in [3.05, 3.63) is 65.4 Å². The van der Waals surface area contributed by atoms with Crippen LogP contribution in [0.25, 0.3) is 21.1 Å². The molecule has 166 valence electrons. The maximum Gasteiger partial charge on any atom is 0.148 e. The highest BCUT2D eigenvalue weighted by Crippen LogP contribution is 2.40. The van der Waals surface area contributed by atoms with Crippen LogP contribution in [0.1, 0.15) is 49.4 Å². The van der Waals surface area contributed by atoms with Crippen LogP contribution < -0.4 is 10.1 Å². The normalized spacial score (nSPS) is 16.7. The van der Waals surface area contributed by atoms with Crippen LogP contribution in [0.4, 0.5) is 0 Å². The molecule has 0 unspecified atom stereocenters. The topological polar surface area (TPSA) is 83.2 Å². The Morgan fingerprint density at radius 1 is 1.21 bits per heavy atom. The Morgan fingerprint density at radius 2 is 2.09 bits per heavy atom. The molecule has 0 amide bonds. The third-order valence-corrected chi connectivity index (χ3v) is 6.91. The number of nitriles is 1. The third kappa shape index (κ3) is 4.45. The monoisotopic (exact) mass is 455 g/mol. The molecular weight excluding hydrogens is 430 g/mol. The van der Waals surface area contributed by atoms with Gasteiger partial charge in [0.1, 0.15) is 21.8 Å². The molecule has 5 rings (SSSR count). The zero-order valence-electron chi connectivity index (χ0n) is 18.7. The van der Waals surface area contributed by atoms with Crippen molar-refractivity contribution < 1.29 is 4.74 Å². The molecule has 0 saturated carbocycles. The summed E-state index contributed by atoms with van der Waals surface area (Å²) in [6.07, 6.45) is 7.02. The van der Waals surface area contributed by atoms with Crippen molar-refractivity contribution in [2.45, 2.75) is 45.3 Å². The first-order chi connectivity index (χ1) is 16.1. The highest BCUT2D eigenvalue weighted by molar-refractivity contribution is 7.17. The van der Waals surface area contributed by atoms with Gasteiger partial charge in [-0.05, 0) is 56.0 Å². The van der Waals surface area contributed by atoms with Crippen molar-refractivity contribution in [1.82, 2.24) is 15.5 Å². The summed E-state index contributed by atoms with van der Waals surface area (Å²) in [7, 11) is 0. The Bertz CT molecular complexity index is 1280. The third-order valence-electron chi connectivity index (χ3n) is 5.90. The lowest BCUT2D eigenvalue weighted by Crippen LogP contribution is -2.25. The molecule has 3 aromatic rings. The van der Waals surface area contributed by atoms with Gasteiger partial charge in [-0.15, -0.1) is 10.2 Å². The van der Waals surface area contributed by atoms with Gasteiger partial charge in [-0.1, -0.05) is 35.6 Å². The molecule has 0 radical (unpaired) electrons. The zero-order valence-corrected chi connectivity index (χ0v) is 19.5. The van der Waals surface area contributed by atoms with Crippen molar-refractivity contribution in [2.24, 2.45) is 4.99 Å². The Labute approximate surface area is 197 Å². The summed E-state index contributed by atoms with van der Waals surface area (Å²) >= 11 is 1.56. The van der Waals surface area contributed by atoms with E-state index in [9.17, 15) is 5.26 Å². The van der Waals surface area contributed by atoms with Crippen LogP contribution in [0.15, 0.2) is 53.7 Å². The minimum atomic E-state index is 0.0115. The average Bonchev–Trinajstić information content (AvgIpc) is 3.58. The van der Waals surface area contributed by atoms with E-state index in [0.29, 0.717) is 17.4 Å². The SMILES string of the molecule is CC(C)Oc1ccc(-c2nnc(-c3cccc4c3CC[C@H]4NCC3=NC=CC3)s2)cc1C#N. The van der Waals surface area contributed by atoms with Crippen LogP contribution in [0.5, 0.6) is 5.75 Å². The number of aromatic nitrogens is 2. The number of fused-ring (bicyclic) bond motifs is 1. The lowest BCUT2D eigenvalue weighted by molar-refractivity contribution is 0.242. The van der Waals surface area contributed by atoms with Crippen molar-refractivity contribution in [3.63, 3.8) is 0 Å². The summed E-state index contributed by atoms with van der Waals surface area (Å²) in [5.41, 5.74) is 6.43. The molecule has 1 atom stereocenters. The molecule has 0 spiro atoms. The summed E-state index contributed by atoms with van der Waals surface area (Å²) in [5, 5.41) is 23.9. The van der Waals surface area contributed by atoms with Crippen LogP contribution in [0.3, 0.4) is 0 Å². The van der Waals surface area contributed by atoms with E-state index < -0.39 is 0 Å². The minimum Gasteiger partial charge on any atom is -0.490 e. The number of rotatable bonds is 7. The van der Waals surface area contributed by atoms with E-state index in [4.69, 9.17) is 4.74 Å². The van der Waals surface area contributed by atoms with E-state index in [-0.39, 0.29) is 6.10 Å². The second-order valence-corrected chi connectivity index (χ2v) is 9.51. The fraction of sp³-hybridized carbons (Fsp3) is 0.308. The molecule has 0 bridgehead atoms. The molecule has 2 aromatic carbocycles. The molecule has 1 N–H and O–H groups in total. The number of benzene rings is 2. The smallest absolute Gasteiger partial charge is 0.148 e. The summed E-state index contributed by atoms with van der Waals surface area (Å²) < 4.78 is 5.74. The van der Waals surface area contributed by atoms with Crippen LogP contribution in [-0.4, -0.2) is 28.6 Å². The lowest BCUT2D eigenvalue weighted by Gasteiger charge is -2.14. The summed E-state index contributed by atoms with van der Waals surface area (Å²) in [6, 6.07) is 14.6. The number of nitrogens with one attached hydrogen (secondary N) is 1. The van der Waals surface area contributed by atoms with E-state index >= 15 is 0 Å². The maximum absolute atomic E-state index is 9.55. The molecule has 6 nitrogen and oxygen atoms in total. The molecule has 2 heterocycles. The van der Waals surface area contributed by atoms with Gasteiger partial charge in [0.15, 0.2) is 0 Å². The first kappa shape index (κ1) is 21.5. The van der Waals surface area contributed by atoms with E-state index in [1.165, 1.54) is 16.8 Å². The first-order valence-electron chi connectivity index (χ1n) is 11.2. The summed E-state index contributed by atoms with van der Waals surface area (Å²) in [6.45, 7) is 4.72. The zero-order chi connectivity index (χ0) is 22.8. The van der Waals surface area contributed by atoms with Gasteiger partial charge in [0.2, 0.25) is 0 Å². The van der Waals surface area contributed by atoms with Crippen molar-refractivity contribution in [3.8, 4) is 33.0 Å². The van der Waals surface area contributed by atoms with E-state index in [1.807, 2.05) is 38.2 Å². The van der Waals surface area contributed by atoms with E-state index in [0.717, 1.165) is 46.9 Å². The molecule has 0 fully saturated rings. The number of allylic oxidation sites excluding steroid dienone is 1. The highest BCUT2D eigenvalue weighted by atomic mass is 32.1. The van der Waals surface area contributed by atoms with E-state index in [1.54, 1.807) is 11.3 Å². The Morgan fingerprint density at radius 3 is 2.88 bits per heavy atom. The van der Waals surface area contributed by atoms with Crippen molar-refractivity contribution in [1.29, 1.82) is 5.26 Å². The molecule has 1 aliphatic heterocycles. The minimum absolute atomic E-state index is 0.0115. The van der Waals surface area contributed by atoms with Crippen molar-refractivity contribution >= 4 is 17.0 Å². The number of nitrogens with zero attached hydrogens (tertiary/aromatic N) is 4. The fourth-order valence-electron chi connectivity index (χ4n) is 4.38. The fourth-order valence-corrected chi connectivity index (χ4v) is 5.27. The van der Waals surface area contributed by atoms with Gasteiger partial charge in [-0.2, -0.15) is 5.26 Å². The largest absolute Gasteiger partial charge is 0.490 e. The molecule has 1 aromatic heterocycles. The number of ether oxygens (including phenoxy) is 1. The maximum atomic E-state index is 9.55. The average molecular weight is 456 g/mol. The van der Waals surface area contributed by atoms with Crippen LogP contribution >= 0.6 is 11.3 Å². The summed E-state index contributed by atoms with van der Waals surface area (Å²) in [4.78, 5) is 4.41. The van der Waals surface area contributed by atoms with Crippen molar-refractivity contribution in [2.75, 3.05) is 6.54 Å². The van der Waals surface area contributed by atoms with Crippen LogP contribution in [0.2, 0.25) is 0 Å². The second kappa shape index (κ2) is 9.26. The molecule has 0 saturated heterocycles. The predicted octanol–water partition coefficient (Wildman–Crippen LogP) is 5.47. The van der Waals surface area contributed by atoms with Gasteiger partial charge < -0.3 is 10.1 Å². The predicted molar refractivity (Wildman–Crippen MR) is 132 cm³/mol. The number of hydrogen-bond donors (Lipinski definition) is 1. The standard InChI is InChI=1S/C26H25N5OS/c1-16(2)32-24-11-8-17(13-18(24)14-27)25-30-31-26(33-25)22-7-3-6-21-20(22)9-10-23(21)29-15-19-5-4-12-28-19/h3-4,6-8,11-13,16,23,29H,5,9-10,15H2,1-2H3/t23-/m1/s1. The van der Waals surface area contributed by atoms with Gasteiger partial charge in [-0.25, -0.2) is 0 Å². The van der Waals surface area contributed by atoms with E-state index in [2.05, 4.69) is 50.9 Å². The van der Waals surface area contributed by atoms with Gasteiger partial charge in [0.25, 0.3) is 0 Å². The first-order valence-corrected chi connectivity index (χ1v) is 12.0. The number of hydrogen-bond acceptors (Lipinski definition) is 7. The molecule has 2 aliphatic rings. The second-order valence-electron chi connectivity index (χ2n) is 8.53. The van der Waals surface area contributed by atoms with Gasteiger partial charge >= 0.3 is 0 Å². The Balaban J connectivity index is 1.38. The highest BCUT2D eigenvalue weighted by Gasteiger charge is 2.26. The quantitative estimate of drug-likeness (QED) is 0.511. The van der Waals surface area contributed by atoms with Crippen LogP contribution in [0, 0.1) is 11.3 Å².